The van der Waals surface area contributed by atoms with Gasteiger partial charge in [-0.3, -0.25) is 0 Å². The molecule has 0 spiro atoms. The molecule has 0 atom stereocenters. The van der Waals surface area contributed by atoms with Crippen molar-refractivity contribution in [3.05, 3.63) is 62.6 Å². The number of allylic oxidation sites excluding steroid dienone is 1. The van der Waals surface area contributed by atoms with Gasteiger partial charge in [0.2, 0.25) is 0 Å². The Kier molecular flexibility index (Phi) is 5.94. The largest absolute Gasteiger partial charge is 0.377 e. The average Bonchev–Trinajstić information content (AvgIpc) is 2.57. The van der Waals surface area contributed by atoms with Crippen LogP contribution in [0.2, 0.25) is 15.1 Å². The maximum Gasteiger partial charge on any atom is 0.339 e. The van der Waals surface area contributed by atoms with E-state index < -0.39 is 10.1 Å². The van der Waals surface area contributed by atoms with Crippen molar-refractivity contribution >= 4 is 51.0 Å². The van der Waals surface area contributed by atoms with Gasteiger partial charge in [-0.05, 0) is 29.8 Å². The van der Waals surface area contributed by atoms with Crippen LogP contribution in [0.25, 0.3) is 6.08 Å². The molecule has 0 heterocycles. The molecule has 0 bridgehead atoms. The van der Waals surface area contributed by atoms with Gasteiger partial charge in [-0.15, -0.1) is 0 Å². The number of hydrogen-bond acceptors (Lipinski definition) is 5. The molecule has 0 aliphatic carbocycles. The lowest BCUT2D eigenvalue weighted by atomic mass is 10.1. The first-order chi connectivity index (χ1) is 11.8. The van der Waals surface area contributed by atoms with Crippen LogP contribution < -0.4 is 4.18 Å². The van der Waals surface area contributed by atoms with Crippen LogP contribution in [0.5, 0.6) is 5.75 Å². The van der Waals surface area contributed by atoms with Crippen LogP contribution in [-0.2, 0) is 10.1 Å². The maximum atomic E-state index is 12.4. The molecule has 0 fully saturated rings. The molecule has 0 N–H and O–H groups in total. The van der Waals surface area contributed by atoms with Crippen molar-refractivity contribution in [2.75, 3.05) is 0 Å². The Morgan fingerprint density at radius 2 is 1.64 bits per heavy atom. The van der Waals surface area contributed by atoms with E-state index in [9.17, 15) is 8.42 Å². The zero-order valence-corrected chi connectivity index (χ0v) is 15.3. The highest BCUT2D eigenvalue weighted by Gasteiger charge is 2.19. The Labute approximate surface area is 159 Å². The Morgan fingerprint density at radius 3 is 2.28 bits per heavy atom. The van der Waals surface area contributed by atoms with Crippen molar-refractivity contribution in [1.29, 1.82) is 10.5 Å². The Bertz CT molecular complexity index is 1040. The normalized spacial score (nSPS) is 10.4. The van der Waals surface area contributed by atoms with Gasteiger partial charge in [-0.1, -0.05) is 46.9 Å². The summed E-state index contributed by atoms with van der Waals surface area (Å²) >= 11 is 17.5. The van der Waals surface area contributed by atoms with Gasteiger partial charge in [0.15, 0.2) is 5.75 Å². The molecule has 2 aromatic carbocycles. The zero-order valence-electron chi connectivity index (χ0n) is 12.2. The summed E-state index contributed by atoms with van der Waals surface area (Å²) in [7, 11) is -4.22. The summed E-state index contributed by atoms with van der Waals surface area (Å²) in [4.78, 5) is -0.182. The number of nitrogens with zero attached hydrogens (tertiary/aromatic N) is 2. The molecular formula is C16H7Cl3N2O3S. The summed E-state index contributed by atoms with van der Waals surface area (Å²) in [6.07, 6.45) is 1.26. The van der Waals surface area contributed by atoms with E-state index in [4.69, 9.17) is 49.5 Å². The zero-order chi connectivity index (χ0) is 18.6. The van der Waals surface area contributed by atoms with Crippen molar-refractivity contribution in [2.45, 2.75) is 4.90 Å². The molecule has 0 aliphatic rings. The number of hydrogen-bond donors (Lipinski definition) is 0. The minimum Gasteiger partial charge on any atom is -0.377 e. The fourth-order valence-corrected chi connectivity index (χ4v) is 3.37. The fourth-order valence-electron chi connectivity index (χ4n) is 1.75. The number of nitriles is 2. The third-order valence-corrected chi connectivity index (χ3v) is 5.12. The Morgan fingerprint density at radius 1 is 1.00 bits per heavy atom. The smallest absolute Gasteiger partial charge is 0.339 e. The molecule has 25 heavy (non-hydrogen) atoms. The maximum absolute atomic E-state index is 12.4. The van der Waals surface area contributed by atoms with Crippen molar-refractivity contribution in [3.8, 4) is 17.9 Å². The fraction of sp³-hybridized carbons (Fsp3) is 0. The summed E-state index contributed by atoms with van der Waals surface area (Å²) in [5.41, 5.74) is 0.186. The Hall–Kier alpha value is -2.22. The molecule has 0 unspecified atom stereocenters. The van der Waals surface area contributed by atoms with Crippen LogP contribution in [-0.4, -0.2) is 8.42 Å². The van der Waals surface area contributed by atoms with Gasteiger partial charge in [0.05, 0.1) is 15.1 Å². The lowest BCUT2D eigenvalue weighted by molar-refractivity contribution is 0.486. The predicted octanol–water partition coefficient (Wildman–Crippen LogP) is 4.85. The third-order valence-electron chi connectivity index (χ3n) is 2.87. The first kappa shape index (κ1) is 19.1. The van der Waals surface area contributed by atoms with Crippen LogP contribution in [0.1, 0.15) is 5.56 Å². The topological polar surface area (TPSA) is 91.0 Å². The first-order valence-corrected chi connectivity index (χ1v) is 9.02. The summed E-state index contributed by atoms with van der Waals surface area (Å²) < 4.78 is 29.9. The predicted molar refractivity (Wildman–Crippen MR) is 94.9 cm³/mol. The van der Waals surface area contributed by atoms with E-state index in [2.05, 4.69) is 0 Å². The number of benzene rings is 2. The minimum atomic E-state index is -4.22. The molecule has 5 nitrogen and oxygen atoms in total. The molecule has 0 radical (unpaired) electrons. The molecule has 2 rings (SSSR count). The third kappa shape index (κ3) is 4.66. The second-order valence-corrected chi connectivity index (χ2v) is 7.36. The van der Waals surface area contributed by atoms with Crippen molar-refractivity contribution in [3.63, 3.8) is 0 Å². The SMILES string of the molecule is N#CC(C#N)=Cc1cccc(S(=O)(=O)Oc2cc(Cl)c(Cl)cc2Cl)c1. The summed E-state index contributed by atoms with van der Waals surface area (Å²) in [6, 6.07) is 11.4. The van der Waals surface area contributed by atoms with E-state index >= 15 is 0 Å². The lowest BCUT2D eigenvalue weighted by Gasteiger charge is -2.10. The van der Waals surface area contributed by atoms with Crippen LogP contribution in [0.4, 0.5) is 0 Å². The van der Waals surface area contributed by atoms with E-state index in [1.807, 2.05) is 0 Å². The standard InChI is InChI=1S/C16H7Cl3N2O3S/c17-13-6-15(19)16(7-14(13)18)24-25(22,23)12-3-1-2-10(5-12)4-11(8-20)9-21/h1-7H. The second kappa shape index (κ2) is 7.77. The monoisotopic (exact) mass is 412 g/mol. The second-order valence-electron chi connectivity index (χ2n) is 4.59. The molecule has 0 amide bonds. The summed E-state index contributed by atoms with van der Waals surface area (Å²) in [5, 5.41) is 17.8. The molecule has 2 aromatic rings. The highest BCUT2D eigenvalue weighted by atomic mass is 35.5. The number of halogens is 3. The van der Waals surface area contributed by atoms with Crippen LogP contribution in [0, 0.1) is 22.7 Å². The van der Waals surface area contributed by atoms with E-state index in [1.54, 1.807) is 18.2 Å². The molecular weight excluding hydrogens is 407 g/mol. The summed E-state index contributed by atoms with van der Waals surface area (Å²) in [6.45, 7) is 0. The molecule has 0 saturated heterocycles. The summed E-state index contributed by atoms with van der Waals surface area (Å²) in [5.74, 6) is -0.174. The van der Waals surface area contributed by atoms with Crippen molar-refractivity contribution < 1.29 is 12.6 Å². The van der Waals surface area contributed by atoms with Gasteiger partial charge in [0.1, 0.15) is 22.6 Å². The van der Waals surface area contributed by atoms with Crippen molar-refractivity contribution in [1.82, 2.24) is 0 Å². The molecule has 0 saturated carbocycles. The highest BCUT2D eigenvalue weighted by Crippen LogP contribution is 2.35. The highest BCUT2D eigenvalue weighted by molar-refractivity contribution is 7.87. The van der Waals surface area contributed by atoms with Gasteiger partial charge in [0, 0.05) is 6.07 Å². The van der Waals surface area contributed by atoms with Gasteiger partial charge >= 0.3 is 10.1 Å². The van der Waals surface area contributed by atoms with Gasteiger partial charge in [-0.25, -0.2) is 0 Å². The van der Waals surface area contributed by atoms with Crippen LogP contribution >= 0.6 is 34.8 Å². The average molecular weight is 414 g/mol. The molecule has 126 valence electrons. The van der Waals surface area contributed by atoms with Gasteiger partial charge < -0.3 is 4.18 Å². The quantitative estimate of drug-likeness (QED) is 0.406. The lowest BCUT2D eigenvalue weighted by Crippen LogP contribution is -2.10. The van der Waals surface area contributed by atoms with Gasteiger partial charge in [0.25, 0.3) is 0 Å². The molecule has 0 aliphatic heterocycles. The molecule has 0 aromatic heterocycles. The van der Waals surface area contributed by atoms with Crippen LogP contribution in [0.15, 0.2) is 46.9 Å². The van der Waals surface area contributed by atoms with E-state index in [0.717, 1.165) is 0 Å². The first-order valence-electron chi connectivity index (χ1n) is 6.48. The van der Waals surface area contributed by atoms with E-state index in [1.165, 1.54) is 36.4 Å². The Balaban J connectivity index is 2.42. The molecule has 9 heteroatoms. The van der Waals surface area contributed by atoms with Crippen molar-refractivity contribution in [2.24, 2.45) is 0 Å². The number of rotatable bonds is 4. The van der Waals surface area contributed by atoms with Crippen LogP contribution in [0.3, 0.4) is 0 Å². The minimum absolute atomic E-state index is 0.0229. The van der Waals surface area contributed by atoms with E-state index in [-0.39, 0.29) is 31.3 Å². The van der Waals surface area contributed by atoms with Gasteiger partial charge in [-0.2, -0.15) is 18.9 Å². The van der Waals surface area contributed by atoms with E-state index in [0.29, 0.717) is 5.56 Å².